The Labute approximate surface area is 177 Å². The fraction of sp³-hybridized carbons (Fsp3) is 0.125. The average Bonchev–Trinajstić information content (AvgIpc) is 2.75. The summed E-state index contributed by atoms with van der Waals surface area (Å²) in [7, 11) is -3.82. The van der Waals surface area contributed by atoms with Gasteiger partial charge in [0, 0.05) is 17.6 Å². The van der Waals surface area contributed by atoms with E-state index in [9.17, 15) is 13.2 Å². The molecule has 0 atom stereocenters. The van der Waals surface area contributed by atoms with Crippen molar-refractivity contribution < 1.29 is 13.2 Å². The molecule has 5 nitrogen and oxygen atoms in total. The molecule has 0 aliphatic carbocycles. The summed E-state index contributed by atoms with van der Waals surface area (Å²) in [5.74, 6) is -0.397. The second-order valence-corrected chi connectivity index (χ2v) is 8.74. The SMILES string of the molecule is Cc1ccc(NC(=O)CN(Cc2ccccc2)S(=O)(=O)/C=C/c2ccccc2)cc1. The number of rotatable bonds is 8. The summed E-state index contributed by atoms with van der Waals surface area (Å²) in [4.78, 5) is 12.6. The number of amides is 1. The molecule has 0 aliphatic rings. The van der Waals surface area contributed by atoms with Gasteiger partial charge in [0.05, 0.1) is 6.54 Å². The summed E-state index contributed by atoms with van der Waals surface area (Å²) in [5, 5.41) is 3.91. The van der Waals surface area contributed by atoms with Crippen molar-refractivity contribution >= 4 is 27.7 Å². The Morgan fingerprint density at radius 2 is 1.50 bits per heavy atom. The van der Waals surface area contributed by atoms with Gasteiger partial charge in [-0.25, -0.2) is 8.42 Å². The summed E-state index contributed by atoms with van der Waals surface area (Å²) in [6.45, 7) is 1.77. The van der Waals surface area contributed by atoms with E-state index in [1.807, 2.05) is 79.7 Å². The first-order valence-corrected chi connectivity index (χ1v) is 11.1. The number of anilines is 1. The highest BCUT2D eigenvalue weighted by Gasteiger charge is 2.22. The maximum absolute atomic E-state index is 13.0. The molecule has 6 heteroatoms. The van der Waals surface area contributed by atoms with Crippen molar-refractivity contribution in [2.75, 3.05) is 11.9 Å². The smallest absolute Gasteiger partial charge is 0.239 e. The van der Waals surface area contributed by atoms with Crippen LogP contribution in [0.3, 0.4) is 0 Å². The molecule has 3 aromatic rings. The van der Waals surface area contributed by atoms with Crippen molar-refractivity contribution in [1.82, 2.24) is 4.31 Å². The number of carbonyl (C=O) groups excluding carboxylic acids is 1. The van der Waals surface area contributed by atoms with Crippen LogP contribution in [0.2, 0.25) is 0 Å². The molecule has 0 aromatic heterocycles. The molecule has 154 valence electrons. The summed E-state index contributed by atoms with van der Waals surface area (Å²) in [6, 6.07) is 25.7. The molecule has 0 saturated carbocycles. The molecule has 0 unspecified atom stereocenters. The van der Waals surface area contributed by atoms with Crippen LogP contribution >= 0.6 is 0 Å². The Hall–Kier alpha value is -3.22. The summed E-state index contributed by atoms with van der Waals surface area (Å²) < 4.78 is 27.2. The van der Waals surface area contributed by atoms with Gasteiger partial charge in [0.2, 0.25) is 15.9 Å². The summed E-state index contributed by atoms with van der Waals surface area (Å²) in [5.41, 5.74) is 3.27. The van der Waals surface area contributed by atoms with Crippen molar-refractivity contribution in [2.45, 2.75) is 13.5 Å². The molecule has 0 heterocycles. The lowest BCUT2D eigenvalue weighted by molar-refractivity contribution is -0.116. The number of aryl methyl sites for hydroxylation is 1. The molecule has 1 N–H and O–H groups in total. The van der Waals surface area contributed by atoms with Gasteiger partial charge >= 0.3 is 0 Å². The monoisotopic (exact) mass is 420 g/mol. The number of carbonyl (C=O) groups is 1. The van der Waals surface area contributed by atoms with E-state index < -0.39 is 15.9 Å². The maximum atomic E-state index is 13.0. The Kier molecular flexibility index (Phi) is 7.17. The second-order valence-electron chi connectivity index (χ2n) is 6.93. The van der Waals surface area contributed by atoms with Crippen LogP contribution in [-0.4, -0.2) is 25.2 Å². The Balaban J connectivity index is 1.79. The van der Waals surface area contributed by atoms with Gasteiger partial charge in [0.15, 0.2) is 0 Å². The zero-order valence-corrected chi connectivity index (χ0v) is 17.5. The van der Waals surface area contributed by atoms with Gasteiger partial charge in [-0.1, -0.05) is 78.4 Å². The minimum atomic E-state index is -3.82. The third-order valence-corrected chi connectivity index (χ3v) is 5.91. The first-order valence-electron chi connectivity index (χ1n) is 9.56. The molecule has 0 radical (unpaired) electrons. The van der Waals surface area contributed by atoms with E-state index in [2.05, 4.69) is 5.32 Å². The molecule has 0 spiro atoms. The van der Waals surface area contributed by atoms with E-state index >= 15 is 0 Å². The van der Waals surface area contributed by atoms with E-state index in [0.717, 1.165) is 22.1 Å². The molecule has 1 amide bonds. The van der Waals surface area contributed by atoms with Crippen LogP contribution in [0.1, 0.15) is 16.7 Å². The normalized spacial score (nSPS) is 11.7. The van der Waals surface area contributed by atoms with Crippen molar-refractivity contribution in [3.8, 4) is 0 Å². The third kappa shape index (κ3) is 6.40. The molecule has 0 bridgehead atoms. The Bertz CT molecular complexity index is 1090. The number of sulfonamides is 1. The topological polar surface area (TPSA) is 66.5 Å². The number of nitrogens with one attached hydrogen (secondary N) is 1. The molecule has 3 aromatic carbocycles. The quantitative estimate of drug-likeness (QED) is 0.586. The fourth-order valence-corrected chi connectivity index (χ4v) is 3.96. The highest BCUT2D eigenvalue weighted by atomic mass is 32.2. The number of hydrogen-bond donors (Lipinski definition) is 1. The largest absolute Gasteiger partial charge is 0.325 e. The van der Waals surface area contributed by atoms with E-state index in [0.29, 0.717) is 5.69 Å². The van der Waals surface area contributed by atoms with Crippen molar-refractivity contribution in [2.24, 2.45) is 0 Å². The van der Waals surface area contributed by atoms with Crippen LogP contribution in [0.15, 0.2) is 90.3 Å². The Morgan fingerprint density at radius 1 is 0.900 bits per heavy atom. The first-order chi connectivity index (χ1) is 14.4. The standard InChI is InChI=1S/C24H24N2O3S/c1-20-12-14-23(15-13-20)25-24(27)19-26(18-22-10-6-3-7-11-22)30(28,29)17-16-21-8-4-2-5-9-21/h2-17H,18-19H2,1H3,(H,25,27)/b17-16+. The predicted molar refractivity (Wildman–Crippen MR) is 121 cm³/mol. The zero-order chi connectivity index (χ0) is 21.4. The summed E-state index contributed by atoms with van der Waals surface area (Å²) >= 11 is 0. The van der Waals surface area contributed by atoms with Crippen molar-refractivity contribution in [1.29, 1.82) is 0 Å². The molecular formula is C24H24N2O3S. The average molecular weight is 421 g/mol. The number of nitrogens with zero attached hydrogens (tertiary/aromatic N) is 1. The highest BCUT2D eigenvalue weighted by Crippen LogP contribution is 2.14. The third-order valence-electron chi connectivity index (χ3n) is 4.45. The molecule has 0 aliphatic heterocycles. The van der Waals surface area contributed by atoms with Crippen molar-refractivity contribution in [3.63, 3.8) is 0 Å². The lowest BCUT2D eigenvalue weighted by Crippen LogP contribution is -2.36. The van der Waals surface area contributed by atoms with Crippen LogP contribution in [-0.2, 0) is 21.4 Å². The van der Waals surface area contributed by atoms with Gasteiger partial charge in [0.25, 0.3) is 0 Å². The first kappa shape index (κ1) is 21.5. The van der Waals surface area contributed by atoms with Crippen LogP contribution in [0, 0.1) is 6.92 Å². The van der Waals surface area contributed by atoms with Gasteiger partial charge in [-0.15, -0.1) is 0 Å². The second kappa shape index (κ2) is 10.0. The minimum Gasteiger partial charge on any atom is -0.325 e. The van der Waals surface area contributed by atoms with Crippen LogP contribution in [0.25, 0.3) is 6.08 Å². The van der Waals surface area contributed by atoms with Crippen LogP contribution in [0.4, 0.5) is 5.69 Å². The van der Waals surface area contributed by atoms with E-state index in [1.54, 1.807) is 12.1 Å². The molecule has 3 rings (SSSR count). The van der Waals surface area contributed by atoms with Gasteiger partial charge in [-0.3, -0.25) is 4.79 Å². The summed E-state index contributed by atoms with van der Waals surface area (Å²) in [6.07, 6.45) is 1.53. The van der Waals surface area contributed by atoms with Gasteiger partial charge in [-0.2, -0.15) is 4.31 Å². The van der Waals surface area contributed by atoms with E-state index in [1.165, 1.54) is 10.4 Å². The zero-order valence-electron chi connectivity index (χ0n) is 16.7. The van der Waals surface area contributed by atoms with Gasteiger partial charge in [0.1, 0.15) is 0 Å². The van der Waals surface area contributed by atoms with Crippen molar-refractivity contribution in [3.05, 3.63) is 107 Å². The fourth-order valence-electron chi connectivity index (χ4n) is 2.84. The predicted octanol–water partition coefficient (Wildman–Crippen LogP) is 4.44. The van der Waals surface area contributed by atoms with Gasteiger partial charge in [-0.05, 0) is 36.3 Å². The molecule has 0 saturated heterocycles. The lowest BCUT2D eigenvalue weighted by atomic mass is 10.2. The minimum absolute atomic E-state index is 0.101. The highest BCUT2D eigenvalue weighted by molar-refractivity contribution is 7.92. The molecule has 30 heavy (non-hydrogen) atoms. The molecule has 0 fully saturated rings. The van der Waals surface area contributed by atoms with Gasteiger partial charge < -0.3 is 5.32 Å². The van der Waals surface area contributed by atoms with Crippen LogP contribution in [0.5, 0.6) is 0 Å². The van der Waals surface area contributed by atoms with E-state index in [4.69, 9.17) is 0 Å². The lowest BCUT2D eigenvalue weighted by Gasteiger charge is -2.20. The van der Waals surface area contributed by atoms with E-state index in [-0.39, 0.29) is 13.1 Å². The molecular weight excluding hydrogens is 396 g/mol. The van der Waals surface area contributed by atoms with Crippen LogP contribution < -0.4 is 5.32 Å². The number of benzene rings is 3. The maximum Gasteiger partial charge on any atom is 0.239 e. The number of hydrogen-bond acceptors (Lipinski definition) is 3. The Morgan fingerprint density at radius 3 is 2.13 bits per heavy atom.